The molecule has 1 fully saturated rings. The summed E-state index contributed by atoms with van der Waals surface area (Å²) in [4.78, 5) is 45.8. The highest BCUT2D eigenvalue weighted by Gasteiger charge is 2.38. The van der Waals surface area contributed by atoms with Crippen molar-refractivity contribution >= 4 is 34.1 Å². The van der Waals surface area contributed by atoms with Gasteiger partial charge in [-0.05, 0) is 57.6 Å². The molecule has 0 saturated heterocycles. The first-order valence-corrected chi connectivity index (χ1v) is 16.0. The summed E-state index contributed by atoms with van der Waals surface area (Å²) in [5.74, 6) is -1.80. The number of rotatable bonds is 8. The highest BCUT2D eigenvalue weighted by molar-refractivity contribution is 6.14. The van der Waals surface area contributed by atoms with Crippen LogP contribution in [0.2, 0.25) is 0 Å². The van der Waals surface area contributed by atoms with Crippen molar-refractivity contribution in [3.8, 4) is 22.4 Å². The van der Waals surface area contributed by atoms with Crippen molar-refractivity contribution in [3.05, 3.63) is 58.7 Å². The number of carboxylic acids is 1. The summed E-state index contributed by atoms with van der Waals surface area (Å²) in [6, 6.07) is 6.26. The van der Waals surface area contributed by atoms with E-state index in [4.69, 9.17) is 4.74 Å². The Hall–Kier alpha value is -4.98. The van der Waals surface area contributed by atoms with Gasteiger partial charge in [0.25, 0.3) is 0 Å². The second kappa shape index (κ2) is 12.2. The zero-order valence-electron chi connectivity index (χ0n) is 27.7. The Kier molecular flexibility index (Phi) is 8.40. The molecule has 14 heteroatoms. The van der Waals surface area contributed by atoms with Crippen LogP contribution in [-0.2, 0) is 23.1 Å². The summed E-state index contributed by atoms with van der Waals surface area (Å²) in [6.45, 7) is 9.40. The molecule has 0 aliphatic heterocycles. The Morgan fingerprint density at radius 1 is 1.21 bits per heavy atom. The Morgan fingerprint density at radius 3 is 2.54 bits per heavy atom. The molecule has 0 radical (unpaired) electrons. The molecule has 4 N–H and O–H groups in total. The number of aromatic amines is 1. The van der Waals surface area contributed by atoms with Crippen LogP contribution in [0.15, 0.2) is 41.5 Å². The number of carbonyl (C=O) groups is 2. The van der Waals surface area contributed by atoms with Crippen molar-refractivity contribution in [1.29, 1.82) is 0 Å². The van der Waals surface area contributed by atoms with Crippen molar-refractivity contribution in [2.24, 2.45) is 7.05 Å². The second-order valence-electron chi connectivity index (χ2n) is 13.6. The van der Waals surface area contributed by atoms with Crippen LogP contribution in [0.25, 0.3) is 44.5 Å². The number of aryl methyl sites for hydroxylation is 2. The minimum absolute atomic E-state index is 0.0308. The molecule has 1 aliphatic carbocycles. The van der Waals surface area contributed by atoms with Crippen molar-refractivity contribution < 1.29 is 28.9 Å². The topological polar surface area (TPSA) is 169 Å². The van der Waals surface area contributed by atoms with Crippen LogP contribution < -0.4 is 11.0 Å². The smallest absolute Gasteiger partial charge is 0.407 e. The largest absolute Gasteiger partial charge is 0.481 e. The average molecular weight is 662 g/mol. The molecule has 4 atom stereocenters. The van der Waals surface area contributed by atoms with E-state index >= 15 is 4.39 Å². The lowest BCUT2D eigenvalue weighted by molar-refractivity contribution is -0.137. The van der Waals surface area contributed by atoms with Gasteiger partial charge in [0.1, 0.15) is 11.2 Å². The number of aliphatic carboxylic acids is 1. The molecule has 1 aromatic carbocycles. The van der Waals surface area contributed by atoms with E-state index in [9.17, 15) is 24.6 Å². The first kappa shape index (κ1) is 32.9. The normalized spacial score (nSPS) is 18.9. The van der Waals surface area contributed by atoms with E-state index in [1.54, 1.807) is 44.8 Å². The van der Waals surface area contributed by atoms with E-state index in [1.165, 1.54) is 9.25 Å². The van der Waals surface area contributed by atoms with Crippen LogP contribution in [0.5, 0.6) is 0 Å². The summed E-state index contributed by atoms with van der Waals surface area (Å²) in [5.41, 5.74) is 3.22. The summed E-state index contributed by atoms with van der Waals surface area (Å²) >= 11 is 0. The molecule has 1 unspecified atom stereocenters. The number of aliphatic hydroxyl groups is 1. The Balaban J connectivity index is 1.54. The third kappa shape index (κ3) is 5.96. The molecule has 4 heterocycles. The zero-order valence-corrected chi connectivity index (χ0v) is 27.7. The van der Waals surface area contributed by atoms with Gasteiger partial charge >= 0.3 is 17.8 Å². The number of carbonyl (C=O) groups excluding carboxylic acids is 1. The van der Waals surface area contributed by atoms with Crippen molar-refractivity contribution in [2.45, 2.75) is 90.1 Å². The standard InChI is InChI=1S/C34H40FN7O6/c1-7-41-16-21(30(35)39-41)28-26(19-10-8-18(9-11-19)17(2)12-25(44)45)27-29-23(15-36-31(27)38-28)40(6)33(47)42(29)20-13-22(24(43)14-20)37-32(46)48-34(3,4)5/h8-11,15-17,20,22,24,43H,7,12-14H2,1-6H3,(H,36,38)(H,37,46)(H,44,45)/t17?,20-,22-,24+/m0/s1. The van der Waals surface area contributed by atoms with E-state index in [1.807, 2.05) is 38.1 Å². The Labute approximate surface area is 275 Å². The quantitative estimate of drug-likeness (QED) is 0.179. The SMILES string of the molecule is CCn1cc(-c2[nH]c3ncc4c(c3c2-c2ccc(C(C)CC(=O)O)cc2)n([C@@H]2C[C@@H](O)[C@@H](NC(=O)OC(C)(C)C)C2)c(=O)n4C)c(F)n1. The molecule has 13 nitrogen and oxygen atoms in total. The Morgan fingerprint density at radius 2 is 1.92 bits per heavy atom. The fraction of sp³-hybridized carbons (Fsp3) is 0.441. The van der Waals surface area contributed by atoms with Gasteiger partial charge in [0.2, 0.25) is 5.95 Å². The number of aromatic nitrogens is 6. The van der Waals surface area contributed by atoms with Crippen LogP contribution in [0, 0.1) is 5.95 Å². The van der Waals surface area contributed by atoms with Gasteiger partial charge in [-0.3, -0.25) is 18.6 Å². The number of benzene rings is 1. The van der Waals surface area contributed by atoms with Crippen LogP contribution in [0.1, 0.15) is 71.4 Å². The van der Waals surface area contributed by atoms with Gasteiger partial charge in [-0.2, -0.15) is 4.39 Å². The number of ether oxygens (including phenoxy) is 1. The van der Waals surface area contributed by atoms with Gasteiger partial charge in [0.15, 0.2) is 0 Å². The first-order valence-electron chi connectivity index (χ1n) is 16.0. The molecule has 254 valence electrons. The number of hydrogen-bond acceptors (Lipinski definition) is 7. The van der Waals surface area contributed by atoms with Crippen LogP contribution >= 0.6 is 0 Å². The van der Waals surface area contributed by atoms with E-state index < -0.39 is 41.8 Å². The number of alkyl carbamates (subject to hydrolysis) is 1. The van der Waals surface area contributed by atoms with E-state index in [-0.39, 0.29) is 36.4 Å². The monoisotopic (exact) mass is 661 g/mol. The summed E-state index contributed by atoms with van der Waals surface area (Å²) in [7, 11) is 1.65. The number of nitrogens with one attached hydrogen (secondary N) is 2. The second-order valence-corrected chi connectivity index (χ2v) is 13.6. The molecule has 1 aliphatic rings. The summed E-state index contributed by atoms with van der Waals surface area (Å²) in [5, 5.41) is 27.7. The molecular formula is C34H40FN7O6. The van der Waals surface area contributed by atoms with Gasteiger partial charge in [-0.1, -0.05) is 31.2 Å². The molecule has 6 rings (SSSR count). The number of nitrogens with zero attached hydrogens (tertiary/aromatic N) is 5. The van der Waals surface area contributed by atoms with E-state index in [2.05, 4.69) is 20.4 Å². The van der Waals surface area contributed by atoms with Crippen LogP contribution in [0.3, 0.4) is 0 Å². The lowest BCUT2D eigenvalue weighted by atomic mass is 9.93. The zero-order chi connectivity index (χ0) is 34.7. The highest BCUT2D eigenvalue weighted by atomic mass is 19.1. The molecule has 5 aromatic rings. The van der Waals surface area contributed by atoms with Crippen LogP contribution in [0.4, 0.5) is 9.18 Å². The number of H-pyrrole nitrogens is 1. The van der Waals surface area contributed by atoms with Crippen molar-refractivity contribution in [1.82, 2.24) is 34.2 Å². The van der Waals surface area contributed by atoms with Gasteiger partial charge < -0.3 is 25.3 Å². The fourth-order valence-corrected chi connectivity index (χ4v) is 6.71. The summed E-state index contributed by atoms with van der Waals surface area (Å²) in [6.07, 6.45) is 2.05. The summed E-state index contributed by atoms with van der Waals surface area (Å²) < 4.78 is 25.5. The third-order valence-corrected chi connectivity index (χ3v) is 9.00. The van der Waals surface area contributed by atoms with Gasteiger partial charge in [0.05, 0.1) is 52.4 Å². The number of aliphatic hydroxyl groups excluding tert-OH is 1. The maximum absolute atomic E-state index is 15.4. The predicted octanol–water partition coefficient (Wildman–Crippen LogP) is 5.07. The number of amides is 1. The number of hydrogen-bond donors (Lipinski definition) is 4. The minimum atomic E-state index is -0.933. The molecule has 4 aromatic heterocycles. The number of pyridine rings is 1. The fourth-order valence-electron chi connectivity index (χ4n) is 6.71. The third-order valence-electron chi connectivity index (χ3n) is 9.00. The molecule has 1 amide bonds. The lowest BCUT2D eigenvalue weighted by Gasteiger charge is -2.23. The maximum Gasteiger partial charge on any atom is 0.407 e. The van der Waals surface area contributed by atoms with E-state index in [0.717, 1.165) is 5.56 Å². The molecule has 0 bridgehead atoms. The predicted molar refractivity (Wildman–Crippen MR) is 177 cm³/mol. The average Bonchev–Trinajstić information content (AvgIpc) is 3.74. The molecule has 1 saturated carbocycles. The van der Waals surface area contributed by atoms with Gasteiger partial charge in [0, 0.05) is 31.4 Å². The van der Waals surface area contributed by atoms with Gasteiger partial charge in [-0.25, -0.2) is 14.6 Å². The van der Waals surface area contributed by atoms with Crippen LogP contribution in [-0.4, -0.2) is 68.9 Å². The van der Waals surface area contributed by atoms with Crippen molar-refractivity contribution in [3.63, 3.8) is 0 Å². The molecule has 0 spiro atoms. The van der Waals surface area contributed by atoms with Crippen molar-refractivity contribution in [2.75, 3.05) is 0 Å². The maximum atomic E-state index is 15.4. The molecular weight excluding hydrogens is 621 g/mol. The minimum Gasteiger partial charge on any atom is -0.481 e. The number of fused-ring (bicyclic) bond motifs is 3. The van der Waals surface area contributed by atoms with E-state index in [0.29, 0.717) is 45.4 Å². The first-order chi connectivity index (χ1) is 22.7. The number of imidazole rings is 1. The number of carboxylic acid groups (broad SMARTS) is 1. The Bertz CT molecular complexity index is 2090. The molecule has 48 heavy (non-hydrogen) atoms. The number of halogens is 1. The highest BCUT2D eigenvalue weighted by Crippen LogP contribution is 2.43. The lowest BCUT2D eigenvalue weighted by Crippen LogP contribution is -2.42. The van der Waals surface area contributed by atoms with Gasteiger partial charge in [-0.15, -0.1) is 5.10 Å².